The quantitative estimate of drug-likeness (QED) is 0.769. The van der Waals surface area contributed by atoms with Gasteiger partial charge in [-0.15, -0.1) is 10.2 Å². The lowest BCUT2D eigenvalue weighted by atomic mass is 10.2. The minimum absolute atomic E-state index is 0.525. The topological polar surface area (TPSA) is 63.8 Å². The van der Waals surface area contributed by atoms with E-state index in [-0.39, 0.29) is 0 Å². The van der Waals surface area contributed by atoms with Crippen LogP contribution in [0.1, 0.15) is 11.5 Å². The first-order valence-electron chi connectivity index (χ1n) is 6.49. The van der Waals surface area contributed by atoms with E-state index in [9.17, 15) is 0 Å². The molecule has 21 heavy (non-hydrogen) atoms. The summed E-state index contributed by atoms with van der Waals surface area (Å²) < 4.78 is 6.63. The van der Waals surface area contributed by atoms with Crippen LogP contribution in [0.25, 0.3) is 11.5 Å². The number of rotatable bonds is 5. The predicted octanol–water partition coefficient (Wildman–Crippen LogP) is 3.18. The number of hydrogen-bond acceptors (Lipinski definition) is 5. The lowest BCUT2D eigenvalue weighted by molar-refractivity contribution is 0.477. The average molecular weight is 345 g/mol. The van der Waals surface area contributed by atoms with Crippen molar-refractivity contribution in [1.82, 2.24) is 20.5 Å². The maximum Gasteiger partial charge on any atom is 0.247 e. The van der Waals surface area contributed by atoms with Crippen LogP contribution in [0.15, 0.2) is 57.7 Å². The van der Waals surface area contributed by atoms with E-state index in [1.807, 2.05) is 36.4 Å². The molecule has 0 amide bonds. The Morgan fingerprint density at radius 2 is 1.90 bits per heavy atom. The Balaban J connectivity index is 1.60. The minimum atomic E-state index is 0.525. The highest BCUT2D eigenvalue weighted by molar-refractivity contribution is 9.10. The molecule has 0 atom stereocenters. The van der Waals surface area contributed by atoms with Crippen molar-refractivity contribution in [2.75, 3.05) is 0 Å². The van der Waals surface area contributed by atoms with Crippen molar-refractivity contribution in [3.05, 3.63) is 64.7 Å². The second-order valence-corrected chi connectivity index (χ2v) is 5.39. The van der Waals surface area contributed by atoms with Crippen molar-refractivity contribution in [3.8, 4) is 11.5 Å². The Kier molecular flexibility index (Phi) is 4.37. The Bertz CT molecular complexity index is 714. The van der Waals surface area contributed by atoms with E-state index in [1.165, 1.54) is 0 Å². The van der Waals surface area contributed by atoms with Gasteiger partial charge in [-0.25, -0.2) is 0 Å². The lowest BCUT2D eigenvalue weighted by Crippen LogP contribution is -2.12. The molecule has 0 bridgehead atoms. The van der Waals surface area contributed by atoms with E-state index in [4.69, 9.17) is 4.42 Å². The molecule has 0 spiro atoms. The third-order valence-electron chi connectivity index (χ3n) is 2.89. The monoisotopic (exact) mass is 344 g/mol. The summed E-state index contributed by atoms with van der Waals surface area (Å²) in [6, 6.07) is 11.7. The van der Waals surface area contributed by atoms with Crippen LogP contribution in [0.2, 0.25) is 0 Å². The first kappa shape index (κ1) is 13.9. The van der Waals surface area contributed by atoms with Gasteiger partial charge in [-0.05, 0) is 35.9 Å². The summed E-state index contributed by atoms with van der Waals surface area (Å²) in [6.07, 6.45) is 3.55. The van der Waals surface area contributed by atoms with Gasteiger partial charge in [0.05, 0.1) is 6.54 Å². The molecule has 2 heterocycles. The molecule has 6 heteroatoms. The standard InChI is InChI=1S/C15H13BrN4O/c16-13-3-1-2-12(8-13)15-20-19-14(21-15)10-18-9-11-4-6-17-7-5-11/h1-8,18H,9-10H2. The van der Waals surface area contributed by atoms with Crippen LogP contribution >= 0.6 is 15.9 Å². The Hall–Kier alpha value is -2.05. The highest BCUT2D eigenvalue weighted by atomic mass is 79.9. The predicted molar refractivity (Wildman–Crippen MR) is 82.2 cm³/mol. The number of pyridine rings is 1. The van der Waals surface area contributed by atoms with Crippen LogP contribution in [-0.4, -0.2) is 15.2 Å². The van der Waals surface area contributed by atoms with Gasteiger partial charge in [0.2, 0.25) is 11.8 Å². The number of nitrogens with one attached hydrogen (secondary N) is 1. The van der Waals surface area contributed by atoms with Crippen LogP contribution in [0.4, 0.5) is 0 Å². The summed E-state index contributed by atoms with van der Waals surface area (Å²) in [5, 5.41) is 11.4. The van der Waals surface area contributed by atoms with Gasteiger partial charge in [0, 0.05) is 29.0 Å². The van der Waals surface area contributed by atoms with E-state index in [1.54, 1.807) is 12.4 Å². The molecule has 0 saturated carbocycles. The van der Waals surface area contributed by atoms with Crippen molar-refractivity contribution in [3.63, 3.8) is 0 Å². The van der Waals surface area contributed by atoms with Crippen LogP contribution in [-0.2, 0) is 13.1 Å². The van der Waals surface area contributed by atoms with Crippen molar-refractivity contribution in [1.29, 1.82) is 0 Å². The number of benzene rings is 1. The molecular weight excluding hydrogens is 332 g/mol. The van der Waals surface area contributed by atoms with Gasteiger partial charge in [-0.2, -0.15) is 0 Å². The van der Waals surface area contributed by atoms with Gasteiger partial charge >= 0.3 is 0 Å². The highest BCUT2D eigenvalue weighted by Gasteiger charge is 2.08. The number of halogens is 1. The molecule has 0 aliphatic rings. The molecule has 0 radical (unpaired) electrons. The molecule has 0 saturated heterocycles. The fourth-order valence-electron chi connectivity index (χ4n) is 1.88. The van der Waals surface area contributed by atoms with E-state index in [0.717, 1.165) is 22.1 Å². The Morgan fingerprint density at radius 3 is 2.71 bits per heavy atom. The third kappa shape index (κ3) is 3.74. The molecule has 5 nitrogen and oxygen atoms in total. The largest absolute Gasteiger partial charge is 0.419 e. The van der Waals surface area contributed by atoms with E-state index < -0.39 is 0 Å². The fraction of sp³-hybridized carbons (Fsp3) is 0.133. The maximum absolute atomic E-state index is 5.64. The van der Waals surface area contributed by atoms with Crippen LogP contribution in [0.5, 0.6) is 0 Å². The van der Waals surface area contributed by atoms with Gasteiger partial charge in [0.15, 0.2) is 0 Å². The van der Waals surface area contributed by atoms with Gasteiger partial charge in [-0.1, -0.05) is 22.0 Å². The van der Waals surface area contributed by atoms with Gasteiger partial charge in [-0.3, -0.25) is 4.98 Å². The zero-order chi connectivity index (χ0) is 14.5. The number of hydrogen-bond donors (Lipinski definition) is 1. The summed E-state index contributed by atoms with van der Waals surface area (Å²) in [6.45, 7) is 1.26. The fourth-order valence-corrected chi connectivity index (χ4v) is 2.28. The number of nitrogens with zero attached hydrogens (tertiary/aromatic N) is 3. The summed E-state index contributed by atoms with van der Waals surface area (Å²) in [4.78, 5) is 3.98. The normalized spacial score (nSPS) is 10.7. The molecule has 2 aromatic heterocycles. The van der Waals surface area contributed by atoms with Crippen molar-refractivity contribution >= 4 is 15.9 Å². The second kappa shape index (κ2) is 6.60. The van der Waals surface area contributed by atoms with Gasteiger partial charge < -0.3 is 9.73 Å². The minimum Gasteiger partial charge on any atom is -0.419 e. The van der Waals surface area contributed by atoms with E-state index in [2.05, 4.69) is 36.4 Å². The number of aromatic nitrogens is 3. The molecule has 0 aliphatic carbocycles. The van der Waals surface area contributed by atoms with Crippen molar-refractivity contribution in [2.45, 2.75) is 13.1 Å². The zero-order valence-electron chi connectivity index (χ0n) is 11.2. The molecule has 106 valence electrons. The molecule has 0 unspecified atom stereocenters. The van der Waals surface area contributed by atoms with E-state index in [0.29, 0.717) is 18.3 Å². The van der Waals surface area contributed by atoms with E-state index >= 15 is 0 Å². The smallest absolute Gasteiger partial charge is 0.247 e. The molecule has 3 rings (SSSR count). The molecular formula is C15H13BrN4O. The molecule has 1 N–H and O–H groups in total. The van der Waals surface area contributed by atoms with Crippen molar-refractivity contribution in [2.24, 2.45) is 0 Å². The van der Waals surface area contributed by atoms with Gasteiger partial charge in [0.1, 0.15) is 0 Å². The summed E-state index contributed by atoms with van der Waals surface area (Å²) in [5.41, 5.74) is 2.06. The van der Waals surface area contributed by atoms with Crippen LogP contribution < -0.4 is 5.32 Å². The lowest BCUT2D eigenvalue weighted by Gasteiger charge is -2.01. The van der Waals surface area contributed by atoms with Crippen LogP contribution in [0.3, 0.4) is 0 Å². The summed E-state index contributed by atoms with van der Waals surface area (Å²) in [7, 11) is 0. The molecule has 1 aromatic carbocycles. The SMILES string of the molecule is Brc1cccc(-c2nnc(CNCc3ccncc3)o2)c1. The average Bonchev–Trinajstić information content (AvgIpc) is 2.97. The highest BCUT2D eigenvalue weighted by Crippen LogP contribution is 2.21. The molecule has 0 aliphatic heterocycles. The van der Waals surface area contributed by atoms with Gasteiger partial charge in [0.25, 0.3) is 0 Å². The second-order valence-electron chi connectivity index (χ2n) is 4.47. The first-order chi connectivity index (χ1) is 10.3. The summed E-state index contributed by atoms with van der Waals surface area (Å²) >= 11 is 3.43. The first-order valence-corrected chi connectivity index (χ1v) is 7.28. The Morgan fingerprint density at radius 1 is 1.05 bits per heavy atom. The molecule has 3 aromatic rings. The third-order valence-corrected chi connectivity index (χ3v) is 3.39. The Labute approximate surface area is 130 Å². The maximum atomic E-state index is 5.64. The summed E-state index contributed by atoms with van der Waals surface area (Å²) in [5.74, 6) is 1.09. The van der Waals surface area contributed by atoms with Crippen LogP contribution in [0, 0.1) is 0 Å². The zero-order valence-corrected chi connectivity index (χ0v) is 12.7. The van der Waals surface area contributed by atoms with Crippen molar-refractivity contribution < 1.29 is 4.42 Å². The molecule has 0 fully saturated rings.